The van der Waals surface area contributed by atoms with Crippen LogP contribution in [-0.2, 0) is 14.2 Å². The molecule has 2 fully saturated rings. The van der Waals surface area contributed by atoms with Crippen molar-refractivity contribution in [3.8, 4) is 0 Å². The highest BCUT2D eigenvalue weighted by Crippen LogP contribution is 2.36. The van der Waals surface area contributed by atoms with Gasteiger partial charge in [0.15, 0.2) is 11.7 Å². The fourth-order valence-corrected chi connectivity index (χ4v) is 3.03. The fraction of sp³-hybridized carbons (Fsp3) is 0.933. The molecule has 1 saturated heterocycles. The predicted molar refractivity (Wildman–Crippen MR) is 82.2 cm³/mol. The second-order valence-electron chi connectivity index (χ2n) is 6.10. The summed E-state index contributed by atoms with van der Waals surface area (Å²) in [5.74, 6) is 0.0901. The van der Waals surface area contributed by atoms with Crippen molar-refractivity contribution in [3.63, 3.8) is 0 Å². The summed E-state index contributed by atoms with van der Waals surface area (Å²) in [7, 11) is 1.67. The molecule has 6 heteroatoms. The summed E-state index contributed by atoms with van der Waals surface area (Å²) in [5, 5.41) is 3.09. The number of hydrogen-bond acceptors (Lipinski definition) is 4. The minimum absolute atomic E-state index is 0.0150. The number of hydrogen-bond donors (Lipinski definition) is 2. The first-order valence-corrected chi connectivity index (χ1v) is 8.01. The molecule has 1 heterocycles. The molecule has 0 aromatic carbocycles. The SMILES string of the molecule is COCC(C)NC(N)=NCC1COC2(CCCCCC2)O1. The van der Waals surface area contributed by atoms with Crippen LogP contribution in [0.4, 0.5) is 0 Å². The monoisotopic (exact) mass is 299 g/mol. The van der Waals surface area contributed by atoms with Gasteiger partial charge in [-0.25, -0.2) is 0 Å². The van der Waals surface area contributed by atoms with E-state index in [0.717, 1.165) is 12.8 Å². The molecule has 3 N–H and O–H groups in total. The first-order valence-electron chi connectivity index (χ1n) is 8.01. The Hall–Kier alpha value is -0.850. The molecule has 6 nitrogen and oxygen atoms in total. The van der Waals surface area contributed by atoms with Gasteiger partial charge in [-0.05, 0) is 19.8 Å². The standard InChI is InChI=1S/C15H29N3O3/c1-12(10-19-2)18-14(16)17-9-13-11-20-15(21-13)7-5-3-4-6-8-15/h12-13H,3-11H2,1-2H3,(H3,16,17,18). The average Bonchev–Trinajstić information content (AvgIpc) is 2.69. The number of methoxy groups -OCH3 is 1. The van der Waals surface area contributed by atoms with Crippen LogP contribution in [0.1, 0.15) is 45.4 Å². The summed E-state index contributed by atoms with van der Waals surface area (Å²) in [6.07, 6.45) is 6.97. The zero-order valence-corrected chi connectivity index (χ0v) is 13.3. The minimum atomic E-state index is -0.345. The molecular formula is C15H29N3O3. The Morgan fingerprint density at radius 2 is 2.10 bits per heavy atom. The third-order valence-corrected chi connectivity index (χ3v) is 4.06. The van der Waals surface area contributed by atoms with Crippen molar-refractivity contribution in [1.29, 1.82) is 0 Å². The van der Waals surface area contributed by atoms with Crippen molar-refractivity contribution in [2.24, 2.45) is 10.7 Å². The first kappa shape index (κ1) is 16.5. The van der Waals surface area contributed by atoms with Gasteiger partial charge >= 0.3 is 0 Å². The van der Waals surface area contributed by atoms with Crippen LogP contribution in [0.2, 0.25) is 0 Å². The molecule has 21 heavy (non-hydrogen) atoms. The largest absolute Gasteiger partial charge is 0.383 e. The van der Waals surface area contributed by atoms with Crippen molar-refractivity contribution in [2.45, 2.75) is 63.4 Å². The lowest BCUT2D eigenvalue weighted by Crippen LogP contribution is -2.41. The number of nitrogens with two attached hydrogens (primary N) is 1. The zero-order valence-electron chi connectivity index (χ0n) is 13.3. The minimum Gasteiger partial charge on any atom is -0.383 e. The smallest absolute Gasteiger partial charge is 0.188 e. The molecule has 122 valence electrons. The predicted octanol–water partition coefficient (Wildman–Crippen LogP) is 1.39. The van der Waals surface area contributed by atoms with E-state index in [1.165, 1.54) is 25.7 Å². The lowest BCUT2D eigenvalue weighted by molar-refractivity contribution is -0.174. The highest BCUT2D eigenvalue weighted by Gasteiger charge is 2.41. The van der Waals surface area contributed by atoms with Gasteiger partial charge < -0.3 is 25.3 Å². The van der Waals surface area contributed by atoms with Crippen molar-refractivity contribution in [2.75, 3.05) is 26.9 Å². The van der Waals surface area contributed by atoms with Gasteiger partial charge in [0.25, 0.3) is 0 Å². The van der Waals surface area contributed by atoms with E-state index < -0.39 is 0 Å². The van der Waals surface area contributed by atoms with E-state index in [2.05, 4.69) is 10.3 Å². The lowest BCUT2D eigenvalue weighted by Gasteiger charge is -2.26. The molecule has 1 aliphatic heterocycles. The normalized spacial score (nSPS) is 27.5. The molecule has 1 aliphatic carbocycles. The van der Waals surface area contributed by atoms with E-state index in [1.54, 1.807) is 7.11 Å². The summed E-state index contributed by atoms with van der Waals surface area (Å²) in [6.45, 7) is 3.76. The van der Waals surface area contributed by atoms with E-state index in [-0.39, 0.29) is 17.9 Å². The summed E-state index contributed by atoms with van der Waals surface area (Å²) < 4.78 is 17.1. The Kier molecular flexibility index (Phi) is 6.26. The summed E-state index contributed by atoms with van der Waals surface area (Å²) in [4.78, 5) is 4.35. The van der Waals surface area contributed by atoms with Gasteiger partial charge in [0.1, 0.15) is 6.10 Å². The third kappa shape index (κ3) is 5.13. The van der Waals surface area contributed by atoms with Gasteiger partial charge in [0, 0.05) is 26.0 Å². The Morgan fingerprint density at radius 1 is 1.38 bits per heavy atom. The Bertz CT molecular complexity index is 341. The Balaban J connectivity index is 1.76. The average molecular weight is 299 g/mol. The van der Waals surface area contributed by atoms with Crippen LogP contribution in [0.25, 0.3) is 0 Å². The van der Waals surface area contributed by atoms with Crippen LogP contribution in [0.15, 0.2) is 4.99 Å². The van der Waals surface area contributed by atoms with E-state index in [9.17, 15) is 0 Å². The number of guanidine groups is 1. The number of rotatable bonds is 5. The first-order chi connectivity index (χ1) is 10.1. The molecule has 2 unspecified atom stereocenters. The molecule has 2 rings (SSSR count). The number of nitrogens with one attached hydrogen (secondary N) is 1. The summed E-state index contributed by atoms with van der Waals surface area (Å²) in [6, 6.07) is 0.146. The number of nitrogens with zero attached hydrogens (tertiary/aromatic N) is 1. The molecule has 1 spiro atoms. The molecule has 1 saturated carbocycles. The Morgan fingerprint density at radius 3 is 2.76 bits per heavy atom. The maximum atomic E-state index is 6.14. The van der Waals surface area contributed by atoms with Gasteiger partial charge in [-0.2, -0.15) is 0 Å². The van der Waals surface area contributed by atoms with E-state index >= 15 is 0 Å². The van der Waals surface area contributed by atoms with Gasteiger partial charge in [0.2, 0.25) is 0 Å². The van der Waals surface area contributed by atoms with E-state index in [0.29, 0.717) is 25.7 Å². The van der Waals surface area contributed by atoms with Crippen LogP contribution in [0, 0.1) is 0 Å². The fourth-order valence-electron chi connectivity index (χ4n) is 3.03. The van der Waals surface area contributed by atoms with Crippen molar-refractivity contribution < 1.29 is 14.2 Å². The van der Waals surface area contributed by atoms with Crippen LogP contribution in [-0.4, -0.2) is 50.8 Å². The van der Waals surface area contributed by atoms with Crippen molar-refractivity contribution >= 4 is 5.96 Å². The zero-order chi connectivity index (χ0) is 15.1. The van der Waals surface area contributed by atoms with Crippen LogP contribution in [0.3, 0.4) is 0 Å². The van der Waals surface area contributed by atoms with E-state index in [1.807, 2.05) is 6.92 Å². The second-order valence-corrected chi connectivity index (χ2v) is 6.10. The lowest BCUT2D eigenvalue weighted by atomic mass is 10.1. The molecule has 0 aromatic rings. The van der Waals surface area contributed by atoms with Gasteiger partial charge in [-0.3, -0.25) is 4.99 Å². The maximum Gasteiger partial charge on any atom is 0.188 e. The topological polar surface area (TPSA) is 78.1 Å². The maximum absolute atomic E-state index is 6.14. The quantitative estimate of drug-likeness (QED) is 0.592. The van der Waals surface area contributed by atoms with Crippen LogP contribution < -0.4 is 11.1 Å². The summed E-state index contributed by atoms with van der Waals surface area (Å²) >= 11 is 0. The molecule has 0 bridgehead atoms. The second kappa shape index (κ2) is 7.96. The number of aliphatic imine (C=N–C) groups is 1. The molecule has 0 radical (unpaired) electrons. The molecular weight excluding hydrogens is 270 g/mol. The van der Waals surface area contributed by atoms with Crippen LogP contribution >= 0.6 is 0 Å². The van der Waals surface area contributed by atoms with Gasteiger partial charge in [-0.1, -0.05) is 12.8 Å². The van der Waals surface area contributed by atoms with E-state index in [4.69, 9.17) is 19.9 Å². The van der Waals surface area contributed by atoms with Gasteiger partial charge in [-0.15, -0.1) is 0 Å². The van der Waals surface area contributed by atoms with Crippen molar-refractivity contribution in [3.05, 3.63) is 0 Å². The highest BCUT2D eigenvalue weighted by atomic mass is 16.7. The van der Waals surface area contributed by atoms with Gasteiger partial charge in [0.05, 0.1) is 19.8 Å². The highest BCUT2D eigenvalue weighted by molar-refractivity contribution is 5.78. The Labute approximate surface area is 127 Å². The third-order valence-electron chi connectivity index (χ3n) is 4.06. The molecule has 0 amide bonds. The van der Waals surface area contributed by atoms with Crippen LogP contribution in [0.5, 0.6) is 0 Å². The molecule has 0 aromatic heterocycles. The molecule has 2 atom stereocenters. The van der Waals surface area contributed by atoms with Crippen molar-refractivity contribution in [1.82, 2.24) is 5.32 Å². The number of ether oxygens (including phenoxy) is 3. The molecule has 2 aliphatic rings. The summed E-state index contributed by atoms with van der Waals surface area (Å²) in [5.41, 5.74) is 5.86.